The fourth-order valence-electron chi connectivity index (χ4n) is 4.03. The van der Waals surface area contributed by atoms with E-state index in [-0.39, 0.29) is 5.91 Å². The van der Waals surface area contributed by atoms with Crippen molar-refractivity contribution in [3.63, 3.8) is 0 Å². The summed E-state index contributed by atoms with van der Waals surface area (Å²) in [6, 6.07) is 14.3. The lowest BCUT2D eigenvalue weighted by Gasteiger charge is -2.35. The van der Waals surface area contributed by atoms with Crippen LogP contribution in [-0.4, -0.2) is 56.5 Å². The van der Waals surface area contributed by atoms with E-state index in [2.05, 4.69) is 46.4 Å². The minimum Gasteiger partial charge on any atom is -0.469 e. The summed E-state index contributed by atoms with van der Waals surface area (Å²) in [7, 11) is 2.11. The van der Waals surface area contributed by atoms with Crippen molar-refractivity contribution in [2.75, 3.05) is 44.7 Å². The van der Waals surface area contributed by atoms with E-state index in [1.54, 1.807) is 6.26 Å². The van der Waals surface area contributed by atoms with E-state index < -0.39 is 0 Å². The molecule has 1 amide bonds. The molecule has 3 rings (SSSR count). The molecule has 1 aliphatic heterocycles. The molecular formula is C24H35N5O2. The predicted octanol–water partition coefficient (Wildman–Crippen LogP) is 2.88. The summed E-state index contributed by atoms with van der Waals surface area (Å²) in [6.07, 6.45) is 6.01. The minimum absolute atomic E-state index is 0.222. The molecule has 1 aliphatic rings. The number of hydrogen-bond acceptors (Lipinski definition) is 4. The van der Waals surface area contributed by atoms with Crippen molar-refractivity contribution in [2.45, 2.75) is 32.1 Å². The number of likely N-dealkylation sites (tertiary alicyclic amines) is 1. The molecule has 1 aromatic carbocycles. The van der Waals surface area contributed by atoms with Crippen molar-refractivity contribution in [3.05, 3.63) is 54.5 Å². The highest BCUT2D eigenvalue weighted by Crippen LogP contribution is 2.19. The van der Waals surface area contributed by atoms with E-state index >= 15 is 0 Å². The number of nitrogens with two attached hydrogens (primary N) is 1. The van der Waals surface area contributed by atoms with Crippen LogP contribution in [0.1, 0.15) is 31.4 Å². The number of nitrogens with zero attached hydrogens (tertiary/aromatic N) is 3. The van der Waals surface area contributed by atoms with Crippen LogP contribution in [0.25, 0.3) is 0 Å². The lowest BCUT2D eigenvalue weighted by Crippen LogP contribution is -2.47. The van der Waals surface area contributed by atoms with Crippen molar-refractivity contribution >= 4 is 17.6 Å². The third-order valence-electron chi connectivity index (χ3n) is 5.65. The number of anilines is 1. The van der Waals surface area contributed by atoms with Crippen LogP contribution in [0, 0.1) is 5.92 Å². The van der Waals surface area contributed by atoms with Gasteiger partial charge in [0.15, 0.2) is 5.96 Å². The van der Waals surface area contributed by atoms with E-state index in [9.17, 15) is 4.79 Å². The van der Waals surface area contributed by atoms with Gasteiger partial charge in [0.1, 0.15) is 5.76 Å². The fourth-order valence-corrected chi connectivity index (χ4v) is 4.03. The summed E-state index contributed by atoms with van der Waals surface area (Å²) in [4.78, 5) is 20.8. The van der Waals surface area contributed by atoms with Crippen LogP contribution in [0.4, 0.5) is 5.69 Å². The number of primary amides is 1. The van der Waals surface area contributed by atoms with Crippen molar-refractivity contribution in [3.8, 4) is 0 Å². The maximum absolute atomic E-state index is 11.4. The number of piperidine rings is 1. The number of amides is 1. The van der Waals surface area contributed by atoms with Crippen LogP contribution in [0.3, 0.4) is 0 Å². The van der Waals surface area contributed by atoms with Crippen LogP contribution in [0.5, 0.6) is 0 Å². The lowest BCUT2D eigenvalue weighted by molar-refractivity contribution is -0.119. The molecule has 1 fully saturated rings. The molecule has 2 aromatic rings. The molecule has 0 saturated carbocycles. The van der Waals surface area contributed by atoms with Gasteiger partial charge in [-0.3, -0.25) is 9.79 Å². The SMILES string of the molecule is CN(CCCN=C(NCCc1ccco1)N1CCCC(CC(N)=O)C1)c1ccccc1. The molecule has 0 spiro atoms. The number of furan rings is 1. The molecule has 0 radical (unpaired) electrons. The summed E-state index contributed by atoms with van der Waals surface area (Å²) in [5, 5.41) is 3.51. The second kappa shape index (κ2) is 12.0. The van der Waals surface area contributed by atoms with E-state index in [0.717, 1.165) is 70.1 Å². The molecule has 7 heteroatoms. The van der Waals surface area contributed by atoms with Gasteiger partial charge in [0.25, 0.3) is 0 Å². The molecule has 0 aliphatic carbocycles. The molecule has 31 heavy (non-hydrogen) atoms. The molecule has 1 aromatic heterocycles. The minimum atomic E-state index is -0.222. The topological polar surface area (TPSA) is 87.1 Å². The third kappa shape index (κ3) is 7.66. The Morgan fingerprint density at radius 3 is 2.87 bits per heavy atom. The van der Waals surface area contributed by atoms with Gasteiger partial charge in [0.2, 0.25) is 5.91 Å². The normalized spacial score (nSPS) is 16.9. The average molecular weight is 426 g/mol. The van der Waals surface area contributed by atoms with Gasteiger partial charge in [-0.25, -0.2) is 0 Å². The Kier molecular flexibility index (Phi) is 8.82. The van der Waals surface area contributed by atoms with Gasteiger partial charge < -0.3 is 25.3 Å². The third-order valence-corrected chi connectivity index (χ3v) is 5.65. The Balaban J connectivity index is 1.55. The number of carbonyl (C=O) groups is 1. The van der Waals surface area contributed by atoms with Crippen molar-refractivity contribution in [1.82, 2.24) is 10.2 Å². The molecule has 3 N–H and O–H groups in total. The summed E-state index contributed by atoms with van der Waals surface area (Å²) >= 11 is 0. The first-order valence-electron chi connectivity index (χ1n) is 11.2. The van der Waals surface area contributed by atoms with Crippen molar-refractivity contribution in [1.29, 1.82) is 0 Å². The number of aliphatic imine (C=N–C) groups is 1. The molecule has 1 unspecified atom stereocenters. The summed E-state index contributed by atoms with van der Waals surface area (Å²) < 4.78 is 5.44. The zero-order chi connectivity index (χ0) is 21.9. The Labute approximate surface area is 185 Å². The van der Waals surface area contributed by atoms with Crippen molar-refractivity contribution in [2.24, 2.45) is 16.6 Å². The maximum Gasteiger partial charge on any atom is 0.217 e. The fraction of sp³-hybridized carbons (Fsp3) is 0.500. The number of carbonyl (C=O) groups excluding carboxylic acids is 1. The highest BCUT2D eigenvalue weighted by atomic mass is 16.3. The summed E-state index contributed by atoms with van der Waals surface area (Å²) in [5.74, 6) is 1.96. The van der Waals surface area contributed by atoms with Crippen LogP contribution >= 0.6 is 0 Å². The average Bonchev–Trinajstić information content (AvgIpc) is 3.29. The molecule has 7 nitrogen and oxygen atoms in total. The Morgan fingerprint density at radius 2 is 2.13 bits per heavy atom. The second-order valence-electron chi connectivity index (χ2n) is 8.20. The summed E-state index contributed by atoms with van der Waals surface area (Å²) in [5.41, 5.74) is 6.65. The number of rotatable bonds is 10. The lowest BCUT2D eigenvalue weighted by atomic mass is 9.95. The first kappa shape index (κ1) is 22.7. The maximum atomic E-state index is 11.4. The zero-order valence-electron chi connectivity index (χ0n) is 18.5. The van der Waals surface area contributed by atoms with Gasteiger partial charge in [-0.2, -0.15) is 0 Å². The zero-order valence-corrected chi connectivity index (χ0v) is 18.5. The Bertz CT molecular complexity index is 807. The van der Waals surface area contributed by atoms with E-state index in [4.69, 9.17) is 15.1 Å². The van der Waals surface area contributed by atoms with Crippen LogP contribution in [-0.2, 0) is 11.2 Å². The van der Waals surface area contributed by atoms with Gasteiger partial charge in [-0.15, -0.1) is 0 Å². The predicted molar refractivity (Wildman–Crippen MR) is 125 cm³/mol. The first-order valence-corrected chi connectivity index (χ1v) is 11.2. The molecule has 2 heterocycles. The highest BCUT2D eigenvalue weighted by Gasteiger charge is 2.23. The smallest absolute Gasteiger partial charge is 0.217 e. The van der Waals surface area contributed by atoms with Gasteiger partial charge in [0, 0.05) is 58.3 Å². The van der Waals surface area contributed by atoms with Crippen molar-refractivity contribution < 1.29 is 9.21 Å². The molecular weight excluding hydrogens is 390 g/mol. The van der Waals surface area contributed by atoms with Crippen LogP contribution < -0.4 is 16.0 Å². The first-order chi connectivity index (χ1) is 15.1. The number of benzene rings is 1. The largest absolute Gasteiger partial charge is 0.469 e. The molecule has 1 saturated heterocycles. The monoisotopic (exact) mass is 425 g/mol. The molecule has 0 bridgehead atoms. The van der Waals surface area contributed by atoms with Crippen LogP contribution in [0.2, 0.25) is 0 Å². The Morgan fingerprint density at radius 1 is 1.29 bits per heavy atom. The standard InChI is InChI=1S/C24H35N5O2/c1-28(21-9-3-2-4-10-21)15-7-13-26-24(27-14-12-22-11-6-17-31-22)29-16-5-8-20(19-29)18-23(25)30/h2-4,6,9-11,17,20H,5,7-8,12-16,18-19H2,1H3,(H2,25,30)(H,26,27). The highest BCUT2D eigenvalue weighted by molar-refractivity contribution is 5.80. The van der Waals surface area contributed by atoms with Gasteiger partial charge in [-0.05, 0) is 49.4 Å². The van der Waals surface area contributed by atoms with Gasteiger partial charge in [-0.1, -0.05) is 18.2 Å². The quantitative estimate of drug-likeness (QED) is 0.347. The van der Waals surface area contributed by atoms with E-state index in [1.807, 2.05) is 18.2 Å². The number of hydrogen-bond donors (Lipinski definition) is 2. The molecule has 168 valence electrons. The van der Waals surface area contributed by atoms with Gasteiger partial charge in [0.05, 0.1) is 6.26 Å². The van der Waals surface area contributed by atoms with Gasteiger partial charge >= 0.3 is 0 Å². The van der Waals surface area contributed by atoms with Crippen LogP contribution in [0.15, 0.2) is 58.1 Å². The number of guanidine groups is 1. The Hall–Kier alpha value is -2.96. The molecule has 1 atom stereocenters. The second-order valence-corrected chi connectivity index (χ2v) is 8.20. The number of nitrogens with one attached hydrogen (secondary N) is 1. The van der Waals surface area contributed by atoms with E-state index in [0.29, 0.717) is 12.3 Å². The van der Waals surface area contributed by atoms with E-state index in [1.165, 1.54) is 5.69 Å². The summed E-state index contributed by atoms with van der Waals surface area (Å²) in [6.45, 7) is 4.22. The number of para-hydroxylation sites is 1.